The minimum atomic E-state index is -0.418. The summed E-state index contributed by atoms with van der Waals surface area (Å²) >= 11 is 0. The van der Waals surface area contributed by atoms with Crippen LogP contribution in [-0.4, -0.2) is 28.6 Å². The van der Waals surface area contributed by atoms with Crippen LogP contribution in [0.25, 0.3) is 10.9 Å². The van der Waals surface area contributed by atoms with Crippen LogP contribution in [0, 0.1) is 0 Å². The maximum Gasteiger partial charge on any atom is 0.253 e. The second-order valence-electron chi connectivity index (χ2n) is 6.15. The van der Waals surface area contributed by atoms with Gasteiger partial charge in [-0.25, -0.2) is 0 Å². The van der Waals surface area contributed by atoms with Gasteiger partial charge in [0, 0.05) is 24.0 Å². The Morgan fingerprint density at radius 2 is 1.92 bits per heavy atom. The Bertz CT molecular complexity index is 809. The van der Waals surface area contributed by atoms with Crippen molar-refractivity contribution in [2.45, 2.75) is 25.4 Å². The first-order valence-corrected chi connectivity index (χ1v) is 8.22. The van der Waals surface area contributed by atoms with E-state index in [2.05, 4.69) is 10.3 Å². The molecule has 24 heavy (non-hydrogen) atoms. The number of rotatable bonds is 6. The molecule has 0 aliphatic heterocycles. The van der Waals surface area contributed by atoms with Crippen molar-refractivity contribution < 1.29 is 9.90 Å². The van der Waals surface area contributed by atoms with Gasteiger partial charge in [-0.15, -0.1) is 0 Å². The van der Waals surface area contributed by atoms with Crippen molar-refractivity contribution in [3.8, 4) is 0 Å². The van der Waals surface area contributed by atoms with Gasteiger partial charge in [-0.1, -0.05) is 42.5 Å². The van der Waals surface area contributed by atoms with E-state index in [0.29, 0.717) is 18.5 Å². The van der Waals surface area contributed by atoms with E-state index in [1.165, 1.54) is 0 Å². The van der Waals surface area contributed by atoms with Crippen LogP contribution in [0.1, 0.15) is 35.2 Å². The van der Waals surface area contributed by atoms with Gasteiger partial charge in [0.1, 0.15) is 0 Å². The quantitative estimate of drug-likeness (QED) is 0.651. The van der Waals surface area contributed by atoms with Gasteiger partial charge in [0.25, 0.3) is 5.91 Å². The molecule has 0 aliphatic carbocycles. The minimum absolute atomic E-state index is 0.0815. The molecule has 3 N–H and O–H groups in total. The Morgan fingerprint density at radius 1 is 1.12 bits per heavy atom. The average Bonchev–Trinajstić information content (AvgIpc) is 3.07. The Morgan fingerprint density at radius 3 is 2.67 bits per heavy atom. The number of aromatic nitrogens is 1. The fourth-order valence-corrected chi connectivity index (χ4v) is 3.06. The second-order valence-corrected chi connectivity index (χ2v) is 6.15. The lowest BCUT2D eigenvalue weighted by atomic mass is 9.93. The number of nitrogens with one attached hydrogen (secondary N) is 2. The van der Waals surface area contributed by atoms with Crippen molar-refractivity contribution >= 4 is 16.8 Å². The zero-order chi connectivity index (χ0) is 16.9. The van der Waals surface area contributed by atoms with Crippen molar-refractivity contribution in [1.82, 2.24) is 10.3 Å². The zero-order valence-electron chi connectivity index (χ0n) is 13.7. The van der Waals surface area contributed by atoms with Crippen molar-refractivity contribution in [2.24, 2.45) is 0 Å². The van der Waals surface area contributed by atoms with Gasteiger partial charge in [-0.2, -0.15) is 0 Å². The molecule has 2 unspecified atom stereocenters. The number of fused-ring (bicyclic) bond motifs is 1. The molecule has 0 saturated carbocycles. The molecule has 4 nitrogen and oxygen atoms in total. The van der Waals surface area contributed by atoms with E-state index in [1.807, 2.05) is 60.8 Å². The molecule has 1 amide bonds. The van der Waals surface area contributed by atoms with E-state index in [9.17, 15) is 9.90 Å². The topological polar surface area (TPSA) is 65.1 Å². The van der Waals surface area contributed by atoms with Crippen LogP contribution < -0.4 is 5.32 Å². The lowest BCUT2D eigenvalue weighted by Gasteiger charge is -2.19. The second kappa shape index (κ2) is 7.32. The van der Waals surface area contributed by atoms with Crippen molar-refractivity contribution in [2.75, 3.05) is 6.54 Å². The fraction of sp³-hybridized carbons (Fsp3) is 0.250. The third-order valence-electron chi connectivity index (χ3n) is 4.24. The van der Waals surface area contributed by atoms with Crippen LogP contribution >= 0.6 is 0 Å². The van der Waals surface area contributed by atoms with E-state index in [-0.39, 0.29) is 11.8 Å². The van der Waals surface area contributed by atoms with E-state index in [4.69, 9.17) is 0 Å². The molecule has 0 saturated heterocycles. The normalized spacial score (nSPS) is 13.6. The number of amides is 1. The third kappa shape index (κ3) is 3.66. The van der Waals surface area contributed by atoms with Crippen molar-refractivity contribution in [3.63, 3.8) is 0 Å². The molecular weight excluding hydrogens is 300 g/mol. The number of aromatic amines is 1. The highest BCUT2D eigenvalue weighted by Gasteiger charge is 2.17. The molecule has 0 spiro atoms. The highest BCUT2D eigenvalue weighted by molar-refractivity contribution is 6.05. The zero-order valence-corrected chi connectivity index (χ0v) is 13.7. The fourth-order valence-electron chi connectivity index (χ4n) is 3.06. The maximum atomic E-state index is 12.6. The molecule has 0 bridgehead atoms. The van der Waals surface area contributed by atoms with Gasteiger partial charge in [-0.3, -0.25) is 4.79 Å². The predicted octanol–water partition coefficient (Wildman–Crippen LogP) is 3.45. The summed E-state index contributed by atoms with van der Waals surface area (Å²) in [6.07, 6.45) is 2.03. The average molecular weight is 322 g/mol. The molecule has 0 radical (unpaired) electrons. The molecule has 2 aromatic carbocycles. The highest BCUT2D eigenvalue weighted by Crippen LogP contribution is 2.21. The number of hydrogen-bond acceptors (Lipinski definition) is 2. The lowest BCUT2D eigenvalue weighted by molar-refractivity contribution is 0.0947. The highest BCUT2D eigenvalue weighted by atomic mass is 16.3. The minimum Gasteiger partial charge on any atom is -0.393 e. The van der Waals surface area contributed by atoms with E-state index in [0.717, 1.165) is 16.5 Å². The van der Waals surface area contributed by atoms with Crippen LogP contribution in [0.5, 0.6) is 0 Å². The SMILES string of the molecule is CC(O)CC(CNC(=O)c1cccc2cc[nH]c12)c1ccccc1. The molecule has 2 atom stereocenters. The molecule has 124 valence electrons. The van der Waals surface area contributed by atoms with Crippen LogP contribution in [0.4, 0.5) is 0 Å². The summed E-state index contributed by atoms with van der Waals surface area (Å²) in [5, 5.41) is 13.8. The van der Waals surface area contributed by atoms with Gasteiger partial charge in [0.15, 0.2) is 0 Å². The summed E-state index contributed by atoms with van der Waals surface area (Å²) in [6.45, 7) is 2.27. The predicted molar refractivity (Wildman–Crippen MR) is 96.1 cm³/mol. The summed E-state index contributed by atoms with van der Waals surface area (Å²) in [7, 11) is 0. The Kier molecular flexibility index (Phi) is 4.96. The molecule has 1 aromatic heterocycles. The molecular formula is C20H22N2O2. The Hall–Kier alpha value is -2.59. The largest absolute Gasteiger partial charge is 0.393 e. The number of carbonyl (C=O) groups is 1. The number of H-pyrrole nitrogens is 1. The molecule has 0 fully saturated rings. The number of para-hydroxylation sites is 1. The maximum absolute atomic E-state index is 12.6. The van der Waals surface area contributed by atoms with Crippen LogP contribution in [0.15, 0.2) is 60.8 Å². The summed E-state index contributed by atoms with van der Waals surface area (Å²) in [6, 6.07) is 17.6. The van der Waals surface area contributed by atoms with E-state index >= 15 is 0 Å². The first-order chi connectivity index (χ1) is 11.6. The Labute approximate surface area is 141 Å². The monoisotopic (exact) mass is 322 g/mol. The Balaban J connectivity index is 1.74. The van der Waals surface area contributed by atoms with Crippen molar-refractivity contribution in [3.05, 3.63) is 71.9 Å². The van der Waals surface area contributed by atoms with Gasteiger partial charge in [0.05, 0.1) is 17.2 Å². The third-order valence-corrected chi connectivity index (χ3v) is 4.24. The summed E-state index contributed by atoms with van der Waals surface area (Å²) in [5.41, 5.74) is 2.61. The van der Waals surface area contributed by atoms with Crippen LogP contribution in [0.3, 0.4) is 0 Å². The van der Waals surface area contributed by atoms with Crippen molar-refractivity contribution in [1.29, 1.82) is 0 Å². The van der Waals surface area contributed by atoms with E-state index < -0.39 is 6.10 Å². The van der Waals surface area contributed by atoms with Gasteiger partial charge in [-0.05, 0) is 31.0 Å². The van der Waals surface area contributed by atoms with Gasteiger partial charge < -0.3 is 15.4 Å². The molecule has 1 heterocycles. The number of aliphatic hydroxyl groups is 1. The summed E-state index contributed by atoms with van der Waals surface area (Å²) in [4.78, 5) is 15.7. The smallest absolute Gasteiger partial charge is 0.253 e. The number of carbonyl (C=O) groups excluding carboxylic acids is 1. The van der Waals surface area contributed by atoms with E-state index in [1.54, 1.807) is 6.92 Å². The van der Waals surface area contributed by atoms with Crippen LogP contribution in [0.2, 0.25) is 0 Å². The number of aliphatic hydroxyl groups excluding tert-OH is 1. The lowest BCUT2D eigenvalue weighted by Crippen LogP contribution is -2.29. The first-order valence-electron chi connectivity index (χ1n) is 8.22. The first kappa shape index (κ1) is 16.3. The number of hydrogen-bond donors (Lipinski definition) is 3. The standard InChI is InChI=1S/C20H22N2O2/c1-14(23)12-17(15-6-3-2-4-7-15)13-22-20(24)18-9-5-8-16-10-11-21-19(16)18/h2-11,14,17,21,23H,12-13H2,1H3,(H,22,24). The number of benzene rings is 2. The summed E-state index contributed by atoms with van der Waals surface area (Å²) in [5.74, 6) is -0.0208. The summed E-state index contributed by atoms with van der Waals surface area (Å²) < 4.78 is 0. The molecule has 3 aromatic rings. The van der Waals surface area contributed by atoms with Gasteiger partial charge >= 0.3 is 0 Å². The molecule has 3 rings (SSSR count). The van der Waals surface area contributed by atoms with Gasteiger partial charge in [0.2, 0.25) is 0 Å². The van der Waals surface area contributed by atoms with Crippen LogP contribution in [-0.2, 0) is 0 Å². The molecule has 4 heteroatoms. The molecule has 0 aliphatic rings.